The quantitative estimate of drug-likeness (QED) is 0.714. The minimum absolute atomic E-state index is 0.252. The van der Waals surface area contributed by atoms with Crippen LogP contribution in [0.1, 0.15) is 19.7 Å². The highest BCUT2D eigenvalue weighted by Crippen LogP contribution is 2.07. The molecule has 0 saturated heterocycles. The molecule has 3 heteroatoms. The summed E-state index contributed by atoms with van der Waals surface area (Å²) in [6.45, 7) is 3.93. The van der Waals surface area contributed by atoms with Crippen molar-refractivity contribution in [2.75, 3.05) is 0 Å². The van der Waals surface area contributed by atoms with E-state index < -0.39 is 0 Å². The molecule has 0 fully saturated rings. The Morgan fingerprint density at radius 1 is 1.64 bits per heavy atom. The Morgan fingerprint density at radius 3 is 2.82 bits per heavy atom. The van der Waals surface area contributed by atoms with Crippen LogP contribution in [0.25, 0.3) is 0 Å². The lowest BCUT2D eigenvalue weighted by Crippen LogP contribution is -2.17. The highest BCUT2D eigenvalue weighted by molar-refractivity contribution is 4.83. The number of aliphatic hydroxyl groups is 1. The summed E-state index contributed by atoms with van der Waals surface area (Å²) in [6, 6.07) is 0. The standard InChI is InChI=1S/C8H13NO2/c1-6(2)7(10)5-8-9-3-4-11-8/h3-4,6-7,10H,5H2,1-2H3. The summed E-state index contributed by atoms with van der Waals surface area (Å²) in [4.78, 5) is 3.91. The molecular weight excluding hydrogens is 142 g/mol. The van der Waals surface area contributed by atoms with Crippen LogP contribution in [0.3, 0.4) is 0 Å². The number of aromatic nitrogens is 1. The number of aliphatic hydroxyl groups excluding tert-OH is 1. The molecule has 1 N–H and O–H groups in total. The van der Waals surface area contributed by atoms with Crippen molar-refractivity contribution in [2.24, 2.45) is 5.92 Å². The molecule has 1 heterocycles. The number of oxazole rings is 1. The van der Waals surface area contributed by atoms with E-state index in [2.05, 4.69) is 4.98 Å². The summed E-state index contributed by atoms with van der Waals surface area (Å²) < 4.78 is 4.98. The molecule has 3 nitrogen and oxygen atoms in total. The monoisotopic (exact) mass is 155 g/mol. The van der Waals surface area contributed by atoms with Crippen LogP contribution < -0.4 is 0 Å². The van der Waals surface area contributed by atoms with Crippen LogP contribution in [0.5, 0.6) is 0 Å². The van der Waals surface area contributed by atoms with Gasteiger partial charge in [0.1, 0.15) is 6.26 Å². The van der Waals surface area contributed by atoms with Gasteiger partial charge in [-0.15, -0.1) is 0 Å². The predicted molar refractivity (Wildman–Crippen MR) is 41.1 cm³/mol. The first kappa shape index (κ1) is 8.27. The topological polar surface area (TPSA) is 46.3 Å². The van der Waals surface area contributed by atoms with Crippen molar-refractivity contribution in [2.45, 2.75) is 26.4 Å². The highest BCUT2D eigenvalue weighted by atomic mass is 16.3. The summed E-state index contributed by atoms with van der Waals surface area (Å²) in [6.07, 6.45) is 3.25. The van der Waals surface area contributed by atoms with Crippen LogP contribution >= 0.6 is 0 Å². The van der Waals surface area contributed by atoms with Gasteiger partial charge in [-0.3, -0.25) is 0 Å². The molecule has 0 aliphatic heterocycles. The van der Waals surface area contributed by atoms with Gasteiger partial charge >= 0.3 is 0 Å². The molecule has 0 spiro atoms. The van der Waals surface area contributed by atoms with Crippen molar-refractivity contribution in [1.82, 2.24) is 4.98 Å². The number of hydrogen-bond acceptors (Lipinski definition) is 3. The lowest BCUT2D eigenvalue weighted by Gasteiger charge is -2.10. The minimum Gasteiger partial charge on any atom is -0.449 e. The zero-order valence-electron chi connectivity index (χ0n) is 6.82. The third kappa shape index (κ3) is 2.35. The molecule has 0 aliphatic carbocycles. The van der Waals surface area contributed by atoms with Crippen molar-refractivity contribution in [3.63, 3.8) is 0 Å². The predicted octanol–water partition coefficient (Wildman–Crippen LogP) is 1.23. The molecule has 1 atom stereocenters. The number of nitrogens with zero attached hydrogens (tertiary/aromatic N) is 1. The first-order valence-electron chi connectivity index (χ1n) is 3.76. The Kier molecular flexibility index (Phi) is 2.65. The number of hydrogen-bond donors (Lipinski definition) is 1. The molecule has 0 aliphatic rings. The summed E-state index contributed by atoms with van der Waals surface area (Å²) in [5.74, 6) is 0.855. The second-order valence-electron chi connectivity index (χ2n) is 2.94. The Balaban J connectivity index is 2.43. The SMILES string of the molecule is CC(C)C(O)Cc1ncco1. The Morgan fingerprint density at radius 2 is 2.36 bits per heavy atom. The Labute approximate surface area is 66.1 Å². The van der Waals surface area contributed by atoms with Gasteiger partial charge in [0.2, 0.25) is 0 Å². The van der Waals surface area contributed by atoms with Crippen molar-refractivity contribution in [3.8, 4) is 0 Å². The molecule has 1 aromatic rings. The maximum absolute atomic E-state index is 9.40. The van der Waals surface area contributed by atoms with Crippen molar-refractivity contribution < 1.29 is 9.52 Å². The van der Waals surface area contributed by atoms with Crippen molar-refractivity contribution in [1.29, 1.82) is 0 Å². The van der Waals surface area contributed by atoms with E-state index in [1.807, 2.05) is 13.8 Å². The summed E-state index contributed by atoms with van der Waals surface area (Å²) >= 11 is 0. The average Bonchev–Trinajstić information content (AvgIpc) is 2.39. The normalized spacial score (nSPS) is 13.8. The lowest BCUT2D eigenvalue weighted by molar-refractivity contribution is 0.118. The van der Waals surface area contributed by atoms with E-state index in [0.29, 0.717) is 12.3 Å². The second-order valence-corrected chi connectivity index (χ2v) is 2.94. The summed E-state index contributed by atoms with van der Waals surface area (Å²) in [5.41, 5.74) is 0. The smallest absolute Gasteiger partial charge is 0.196 e. The van der Waals surface area contributed by atoms with E-state index in [9.17, 15) is 5.11 Å². The molecule has 11 heavy (non-hydrogen) atoms. The molecular formula is C8H13NO2. The van der Waals surface area contributed by atoms with Gasteiger partial charge in [0.05, 0.1) is 18.7 Å². The fraction of sp³-hybridized carbons (Fsp3) is 0.625. The maximum Gasteiger partial charge on any atom is 0.196 e. The third-order valence-electron chi connectivity index (χ3n) is 1.64. The van der Waals surface area contributed by atoms with Gasteiger partial charge in [0, 0.05) is 0 Å². The van der Waals surface area contributed by atoms with Gasteiger partial charge < -0.3 is 9.52 Å². The fourth-order valence-electron chi connectivity index (χ4n) is 0.768. The van der Waals surface area contributed by atoms with Crippen molar-refractivity contribution in [3.05, 3.63) is 18.4 Å². The molecule has 62 valence electrons. The molecule has 0 bridgehead atoms. The first-order chi connectivity index (χ1) is 5.20. The molecule has 1 unspecified atom stereocenters. The van der Waals surface area contributed by atoms with Gasteiger partial charge in [-0.05, 0) is 5.92 Å². The first-order valence-corrected chi connectivity index (χ1v) is 3.76. The molecule has 0 saturated carbocycles. The van der Waals surface area contributed by atoms with E-state index in [1.165, 1.54) is 6.26 Å². The van der Waals surface area contributed by atoms with Crippen LogP contribution in [0.4, 0.5) is 0 Å². The number of rotatable bonds is 3. The van der Waals surface area contributed by atoms with Crippen LogP contribution in [0.2, 0.25) is 0 Å². The minimum atomic E-state index is -0.353. The maximum atomic E-state index is 9.40. The van der Waals surface area contributed by atoms with Crippen molar-refractivity contribution >= 4 is 0 Å². The summed E-state index contributed by atoms with van der Waals surface area (Å²) in [5, 5.41) is 9.40. The summed E-state index contributed by atoms with van der Waals surface area (Å²) in [7, 11) is 0. The van der Waals surface area contributed by atoms with Crippen LogP contribution in [-0.4, -0.2) is 16.2 Å². The Bertz CT molecular complexity index is 194. The molecule has 1 aromatic heterocycles. The van der Waals surface area contributed by atoms with Gasteiger partial charge in [-0.25, -0.2) is 4.98 Å². The highest BCUT2D eigenvalue weighted by Gasteiger charge is 2.11. The molecule has 0 aromatic carbocycles. The third-order valence-corrected chi connectivity index (χ3v) is 1.64. The van der Waals surface area contributed by atoms with E-state index in [-0.39, 0.29) is 12.0 Å². The van der Waals surface area contributed by atoms with Gasteiger partial charge in [-0.1, -0.05) is 13.8 Å². The van der Waals surface area contributed by atoms with Gasteiger partial charge in [0.25, 0.3) is 0 Å². The molecule has 1 rings (SSSR count). The Hall–Kier alpha value is -0.830. The fourth-order valence-corrected chi connectivity index (χ4v) is 0.768. The molecule has 0 radical (unpaired) electrons. The van der Waals surface area contributed by atoms with Crippen LogP contribution in [-0.2, 0) is 6.42 Å². The second kappa shape index (κ2) is 3.53. The van der Waals surface area contributed by atoms with Gasteiger partial charge in [-0.2, -0.15) is 0 Å². The van der Waals surface area contributed by atoms with E-state index in [1.54, 1.807) is 6.20 Å². The zero-order valence-corrected chi connectivity index (χ0v) is 6.82. The molecule has 0 amide bonds. The van der Waals surface area contributed by atoms with E-state index >= 15 is 0 Å². The van der Waals surface area contributed by atoms with Crippen LogP contribution in [0.15, 0.2) is 16.9 Å². The van der Waals surface area contributed by atoms with Gasteiger partial charge in [0.15, 0.2) is 5.89 Å². The largest absolute Gasteiger partial charge is 0.449 e. The van der Waals surface area contributed by atoms with Crippen LogP contribution in [0, 0.1) is 5.92 Å². The zero-order chi connectivity index (χ0) is 8.27. The van der Waals surface area contributed by atoms with E-state index in [4.69, 9.17) is 4.42 Å². The lowest BCUT2D eigenvalue weighted by atomic mass is 10.0. The average molecular weight is 155 g/mol. The van der Waals surface area contributed by atoms with E-state index in [0.717, 1.165) is 0 Å².